The van der Waals surface area contributed by atoms with E-state index < -0.39 is 0 Å². The van der Waals surface area contributed by atoms with E-state index in [1.165, 1.54) is 0 Å². The lowest BCUT2D eigenvalue weighted by Crippen LogP contribution is -2.04. The Morgan fingerprint density at radius 2 is 2.20 bits per heavy atom. The van der Waals surface area contributed by atoms with Gasteiger partial charge in [-0.05, 0) is 25.1 Å². The zero-order chi connectivity index (χ0) is 10.8. The predicted molar refractivity (Wildman–Crippen MR) is 58.9 cm³/mol. The molecular formula is C12H13NO2. The zero-order valence-corrected chi connectivity index (χ0v) is 8.86. The lowest BCUT2D eigenvalue weighted by molar-refractivity contribution is 0.0528. The standard InChI is InChI=1S/C12H13NO2/c1-3-15-12(14)10-5-4-6-11-9(10)7-8-13(11)2/h4-8H,3H2,1-2H3. The minimum Gasteiger partial charge on any atom is -0.462 e. The van der Waals surface area contributed by atoms with E-state index in [0.717, 1.165) is 10.9 Å². The number of nitrogens with zero attached hydrogens (tertiary/aromatic N) is 1. The fourth-order valence-electron chi connectivity index (χ4n) is 1.69. The van der Waals surface area contributed by atoms with E-state index in [9.17, 15) is 4.79 Å². The van der Waals surface area contributed by atoms with Gasteiger partial charge >= 0.3 is 5.97 Å². The highest BCUT2D eigenvalue weighted by atomic mass is 16.5. The number of carbonyl (C=O) groups is 1. The van der Waals surface area contributed by atoms with Crippen LogP contribution in [0.5, 0.6) is 0 Å². The van der Waals surface area contributed by atoms with E-state index in [4.69, 9.17) is 4.74 Å². The fourth-order valence-corrected chi connectivity index (χ4v) is 1.69. The molecule has 78 valence electrons. The summed E-state index contributed by atoms with van der Waals surface area (Å²) in [6.07, 6.45) is 1.94. The zero-order valence-electron chi connectivity index (χ0n) is 8.86. The Morgan fingerprint density at radius 3 is 2.93 bits per heavy atom. The Kier molecular flexibility index (Phi) is 2.46. The van der Waals surface area contributed by atoms with Crippen molar-refractivity contribution in [2.24, 2.45) is 7.05 Å². The highest BCUT2D eigenvalue weighted by Gasteiger charge is 2.11. The van der Waals surface area contributed by atoms with Gasteiger partial charge in [-0.25, -0.2) is 4.79 Å². The SMILES string of the molecule is CCOC(=O)c1cccc2c1ccn2C. The first kappa shape index (κ1) is 9.77. The molecule has 3 nitrogen and oxygen atoms in total. The van der Waals surface area contributed by atoms with Crippen LogP contribution in [0.15, 0.2) is 30.5 Å². The molecule has 0 aliphatic rings. The maximum Gasteiger partial charge on any atom is 0.338 e. The molecule has 15 heavy (non-hydrogen) atoms. The molecule has 2 rings (SSSR count). The number of rotatable bonds is 2. The molecule has 0 saturated carbocycles. The Morgan fingerprint density at radius 1 is 1.40 bits per heavy atom. The molecular weight excluding hydrogens is 190 g/mol. The molecule has 2 aromatic rings. The second-order valence-corrected chi connectivity index (χ2v) is 3.39. The van der Waals surface area contributed by atoms with E-state index in [0.29, 0.717) is 12.2 Å². The number of ether oxygens (including phenoxy) is 1. The third-order valence-corrected chi connectivity index (χ3v) is 2.42. The first-order valence-corrected chi connectivity index (χ1v) is 4.95. The van der Waals surface area contributed by atoms with Gasteiger partial charge in [0.15, 0.2) is 0 Å². The smallest absolute Gasteiger partial charge is 0.338 e. The largest absolute Gasteiger partial charge is 0.462 e. The minimum atomic E-state index is -0.255. The third kappa shape index (κ3) is 1.61. The summed E-state index contributed by atoms with van der Waals surface area (Å²) in [4.78, 5) is 11.6. The number of carbonyl (C=O) groups excluding carboxylic acids is 1. The van der Waals surface area contributed by atoms with E-state index in [1.54, 1.807) is 6.07 Å². The van der Waals surface area contributed by atoms with Crippen molar-refractivity contribution in [3.8, 4) is 0 Å². The molecule has 0 unspecified atom stereocenters. The van der Waals surface area contributed by atoms with Crippen LogP contribution in [0, 0.1) is 0 Å². The summed E-state index contributed by atoms with van der Waals surface area (Å²) in [6.45, 7) is 2.21. The van der Waals surface area contributed by atoms with Crippen LogP contribution in [0.1, 0.15) is 17.3 Å². The van der Waals surface area contributed by atoms with Crippen molar-refractivity contribution in [1.29, 1.82) is 0 Å². The van der Waals surface area contributed by atoms with Crippen molar-refractivity contribution in [2.45, 2.75) is 6.92 Å². The first-order valence-electron chi connectivity index (χ1n) is 4.95. The molecule has 1 aromatic heterocycles. The molecule has 1 aromatic carbocycles. The van der Waals surface area contributed by atoms with Gasteiger partial charge in [0.25, 0.3) is 0 Å². The highest BCUT2D eigenvalue weighted by Crippen LogP contribution is 2.20. The van der Waals surface area contributed by atoms with E-state index in [1.807, 2.05) is 42.9 Å². The lowest BCUT2D eigenvalue weighted by atomic mass is 10.1. The molecule has 0 aliphatic carbocycles. The van der Waals surface area contributed by atoms with Crippen molar-refractivity contribution >= 4 is 16.9 Å². The summed E-state index contributed by atoms with van der Waals surface area (Å²) in [5.41, 5.74) is 1.68. The maximum atomic E-state index is 11.6. The van der Waals surface area contributed by atoms with Crippen LogP contribution in [-0.2, 0) is 11.8 Å². The number of hydrogen-bond donors (Lipinski definition) is 0. The molecule has 0 atom stereocenters. The topological polar surface area (TPSA) is 31.2 Å². The fraction of sp³-hybridized carbons (Fsp3) is 0.250. The van der Waals surface area contributed by atoms with Crippen molar-refractivity contribution in [3.05, 3.63) is 36.0 Å². The van der Waals surface area contributed by atoms with Crippen LogP contribution in [-0.4, -0.2) is 17.1 Å². The minimum absolute atomic E-state index is 0.255. The average molecular weight is 203 g/mol. The Bertz CT molecular complexity index is 499. The van der Waals surface area contributed by atoms with E-state index in [-0.39, 0.29) is 5.97 Å². The number of benzene rings is 1. The van der Waals surface area contributed by atoms with Crippen LogP contribution in [0.3, 0.4) is 0 Å². The lowest BCUT2D eigenvalue weighted by Gasteiger charge is -2.03. The van der Waals surface area contributed by atoms with Crippen LogP contribution in [0.4, 0.5) is 0 Å². The Labute approximate surface area is 88.3 Å². The van der Waals surface area contributed by atoms with Crippen LogP contribution in [0.25, 0.3) is 10.9 Å². The number of aryl methyl sites for hydroxylation is 1. The van der Waals surface area contributed by atoms with Crippen molar-refractivity contribution in [2.75, 3.05) is 6.61 Å². The molecule has 3 heteroatoms. The van der Waals surface area contributed by atoms with Crippen LogP contribution < -0.4 is 0 Å². The maximum absolute atomic E-state index is 11.6. The van der Waals surface area contributed by atoms with Crippen molar-refractivity contribution in [3.63, 3.8) is 0 Å². The van der Waals surface area contributed by atoms with E-state index in [2.05, 4.69) is 0 Å². The monoisotopic (exact) mass is 203 g/mol. The molecule has 0 saturated heterocycles. The van der Waals surface area contributed by atoms with Crippen LogP contribution >= 0.6 is 0 Å². The van der Waals surface area contributed by atoms with Gasteiger partial charge in [-0.3, -0.25) is 0 Å². The quantitative estimate of drug-likeness (QED) is 0.701. The van der Waals surface area contributed by atoms with Gasteiger partial charge in [-0.2, -0.15) is 0 Å². The molecule has 0 aliphatic heterocycles. The summed E-state index contributed by atoms with van der Waals surface area (Å²) in [6, 6.07) is 7.58. The summed E-state index contributed by atoms with van der Waals surface area (Å²) in [7, 11) is 1.96. The molecule has 0 spiro atoms. The predicted octanol–water partition coefficient (Wildman–Crippen LogP) is 2.36. The van der Waals surface area contributed by atoms with Gasteiger partial charge < -0.3 is 9.30 Å². The van der Waals surface area contributed by atoms with Crippen LogP contribution in [0.2, 0.25) is 0 Å². The van der Waals surface area contributed by atoms with Gasteiger partial charge in [0.2, 0.25) is 0 Å². The van der Waals surface area contributed by atoms with E-state index >= 15 is 0 Å². The summed E-state index contributed by atoms with van der Waals surface area (Å²) < 4.78 is 6.98. The van der Waals surface area contributed by atoms with Gasteiger partial charge in [0, 0.05) is 24.1 Å². The van der Waals surface area contributed by atoms with Gasteiger partial charge in [-0.15, -0.1) is 0 Å². The number of aromatic nitrogens is 1. The third-order valence-electron chi connectivity index (χ3n) is 2.42. The Balaban J connectivity index is 2.56. The molecule has 1 heterocycles. The average Bonchev–Trinajstić information content (AvgIpc) is 2.61. The van der Waals surface area contributed by atoms with Gasteiger partial charge in [0.05, 0.1) is 12.2 Å². The molecule has 0 bridgehead atoms. The molecule has 0 N–H and O–H groups in total. The summed E-state index contributed by atoms with van der Waals surface area (Å²) in [5.74, 6) is -0.255. The number of hydrogen-bond acceptors (Lipinski definition) is 2. The summed E-state index contributed by atoms with van der Waals surface area (Å²) >= 11 is 0. The second kappa shape index (κ2) is 3.77. The normalized spacial score (nSPS) is 10.5. The molecule has 0 amide bonds. The highest BCUT2D eigenvalue weighted by molar-refractivity contribution is 6.03. The molecule has 0 radical (unpaired) electrons. The number of esters is 1. The van der Waals surface area contributed by atoms with Crippen molar-refractivity contribution < 1.29 is 9.53 Å². The van der Waals surface area contributed by atoms with Crippen molar-refractivity contribution in [1.82, 2.24) is 4.57 Å². The van der Waals surface area contributed by atoms with Gasteiger partial charge in [-0.1, -0.05) is 6.07 Å². The molecule has 0 fully saturated rings. The second-order valence-electron chi connectivity index (χ2n) is 3.39. The number of fused-ring (bicyclic) bond motifs is 1. The van der Waals surface area contributed by atoms with Gasteiger partial charge in [0.1, 0.15) is 0 Å². The summed E-state index contributed by atoms with van der Waals surface area (Å²) in [5, 5.41) is 0.943. The first-order chi connectivity index (χ1) is 7.24. The Hall–Kier alpha value is -1.77.